The molecular formula is C22H24Cl2N2. The molecule has 4 heteroatoms. The highest BCUT2D eigenvalue weighted by molar-refractivity contribution is 6.36. The van der Waals surface area contributed by atoms with Crippen LogP contribution in [-0.2, 0) is 7.05 Å². The number of unbranched alkanes of at least 4 members (excludes halogenated alkanes) is 1. The van der Waals surface area contributed by atoms with Gasteiger partial charge in [-0.15, -0.1) is 0 Å². The van der Waals surface area contributed by atoms with Crippen molar-refractivity contribution in [1.29, 1.82) is 0 Å². The largest absolute Gasteiger partial charge is 0.267 e. The van der Waals surface area contributed by atoms with Crippen LogP contribution >= 0.6 is 23.2 Å². The van der Waals surface area contributed by atoms with Crippen molar-refractivity contribution >= 4 is 39.7 Å². The Bertz CT molecular complexity index is 954. The summed E-state index contributed by atoms with van der Waals surface area (Å²) >= 11 is 12.5. The van der Waals surface area contributed by atoms with Gasteiger partial charge in [-0.25, -0.2) is 0 Å². The second kappa shape index (κ2) is 8.28. The third kappa shape index (κ3) is 3.67. The normalized spacial score (nSPS) is 12.1. The van der Waals surface area contributed by atoms with Crippen LogP contribution in [0.1, 0.15) is 45.2 Å². The summed E-state index contributed by atoms with van der Waals surface area (Å²) in [7, 11) is 2.03. The van der Waals surface area contributed by atoms with E-state index in [0.29, 0.717) is 10.0 Å². The van der Waals surface area contributed by atoms with Gasteiger partial charge in [0.25, 0.3) is 0 Å². The Hall–Kier alpha value is -1.77. The van der Waals surface area contributed by atoms with Crippen LogP contribution in [0.25, 0.3) is 27.6 Å². The van der Waals surface area contributed by atoms with Crippen LogP contribution in [0.3, 0.4) is 0 Å². The van der Waals surface area contributed by atoms with E-state index in [1.165, 1.54) is 16.7 Å². The van der Waals surface area contributed by atoms with Crippen molar-refractivity contribution in [2.24, 2.45) is 7.05 Å². The van der Waals surface area contributed by atoms with E-state index in [4.69, 9.17) is 28.3 Å². The Kier molecular flexibility index (Phi) is 6.05. The molecule has 3 rings (SSSR count). The smallest absolute Gasteiger partial charge is 0.101 e. The summed E-state index contributed by atoms with van der Waals surface area (Å²) in [5.74, 6) is 0. The van der Waals surface area contributed by atoms with Crippen LogP contribution in [0, 0.1) is 0 Å². The highest BCUT2D eigenvalue weighted by atomic mass is 35.5. The Morgan fingerprint density at radius 1 is 1.08 bits per heavy atom. The summed E-state index contributed by atoms with van der Waals surface area (Å²) < 4.78 is 2.01. The van der Waals surface area contributed by atoms with Crippen molar-refractivity contribution < 1.29 is 0 Å². The molecular weight excluding hydrogens is 363 g/mol. The number of allylic oxidation sites excluding steroid dienone is 2. The number of rotatable bonds is 6. The van der Waals surface area contributed by atoms with Crippen molar-refractivity contribution in [3.63, 3.8) is 0 Å². The second-order valence-corrected chi connectivity index (χ2v) is 7.41. The van der Waals surface area contributed by atoms with Crippen LogP contribution in [0.2, 0.25) is 10.0 Å². The Morgan fingerprint density at radius 2 is 1.88 bits per heavy atom. The molecule has 0 atom stereocenters. The lowest BCUT2D eigenvalue weighted by Gasteiger charge is -2.09. The summed E-state index contributed by atoms with van der Waals surface area (Å²) in [5, 5.41) is 7.31. The number of aromatic nitrogens is 2. The first-order chi connectivity index (χ1) is 12.6. The molecule has 0 fully saturated rings. The van der Waals surface area contributed by atoms with Gasteiger partial charge in [0.15, 0.2) is 0 Å². The third-order valence-electron chi connectivity index (χ3n) is 4.59. The van der Waals surface area contributed by atoms with Crippen LogP contribution < -0.4 is 0 Å². The molecule has 0 bridgehead atoms. The van der Waals surface area contributed by atoms with Gasteiger partial charge in [0.05, 0.1) is 5.69 Å². The zero-order valence-corrected chi connectivity index (χ0v) is 17.0. The molecule has 1 aromatic heterocycles. The molecule has 1 heterocycles. The van der Waals surface area contributed by atoms with E-state index in [-0.39, 0.29) is 0 Å². The lowest BCUT2D eigenvalue weighted by Crippen LogP contribution is -1.98. The minimum Gasteiger partial charge on any atom is -0.267 e. The molecule has 0 aliphatic carbocycles. The molecule has 2 nitrogen and oxygen atoms in total. The van der Waals surface area contributed by atoms with Crippen LogP contribution in [0.15, 0.2) is 42.5 Å². The van der Waals surface area contributed by atoms with Gasteiger partial charge in [-0.05, 0) is 30.5 Å². The molecule has 0 aliphatic rings. The van der Waals surface area contributed by atoms with E-state index < -0.39 is 0 Å². The maximum atomic E-state index is 6.46. The summed E-state index contributed by atoms with van der Waals surface area (Å²) in [6.07, 6.45) is 6.77. The van der Waals surface area contributed by atoms with Crippen molar-refractivity contribution in [1.82, 2.24) is 9.78 Å². The first-order valence-corrected chi connectivity index (χ1v) is 9.93. The van der Waals surface area contributed by atoms with Gasteiger partial charge in [-0.3, -0.25) is 4.68 Å². The number of aryl methyl sites for hydroxylation is 1. The van der Waals surface area contributed by atoms with Crippen molar-refractivity contribution in [3.8, 4) is 11.1 Å². The van der Waals surface area contributed by atoms with Crippen LogP contribution in [0.4, 0.5) is 0 Å². The molecule has 136 valence electrons. The van der Waals surface area contributed by atoms with Gasteiger partial charge in [-0.2, -0.15) is 5.10 Å². The highest BCUT2D eigenvalue weighted by Crippen LogP contribution is 2.37. The molecule has 0 spiro atoms. The van der Waals surface area contributed by atoms with Crippen molar-refractivity contribution in [2.45, 2.75) is 39.5 Å². The minimum absolute atomic E-state index is 0.639. The summed E-state index contributed by atoms with van der Waals surface area (Å²) in [6.45, 7) is 4.43. The molecule has 0 N–H and O–H groups in total. The molecule has 2 aromatic carbocycles. The van der Waals surface area contributed by atoms with E-state index in [9.17, 15) is 0 Å². The molecule has 26 heavy (non-hydrogen) atoms. The number of halogens is 2. The SMILES string of the molecule is CCC/C=C(/CCC)c1c2cccc(-c3ccc(Cl)cc3Cl)c2nn1C. The molecule has 0 unspecified atom stereocenters. The zero-order valence-electron chi connectivity index (χ0n) is 15.5. The lowest BCUT2D eigenvalue weighted by molar-refractivity contribution is 0.760. The van der Waals surface area contributed by atoms with E-state index in [1.54, 1.807) is 6.07 Å². The monoisotopic (exact) mass is 386 g/mol. The molecule has 0 aliphatic heterocycles. The number of hydrogen-bond donors (Lipinski definition) is 0. The first kappa shape index (κ1) is 19.0. The maximum absolute atomic E-state index is 6.46. The van der Waals surface area contributed by atoms with Gasteiger partial charge in [0, 0.05) is 33.6 Å². The van der Waals surface area contributed by atoms with Gasteiger partial charge >= 0.3 is 0 Å². The minimum atomic E-state index is 0.639. The van der Waals surface area contributed by atoms with E-state index in [1.807, 2.05) is 23.9 Å². The van der Waals surface area contributed by atoms with Crippen molar-refractivity contribution in [2.75, 3.05) is 0 Å². The molecule has 0 radical (unpaired) electrons. The van der Waals surface area contributed by atoms with Crippen molar-refractivity contribution in [3.05, 3.63) is 58.2 Å². The first-order valence-electron chi connectivity index (χ1n) is 9.17. The molecule has 3 aromatic rings. The van der Waals surface area contributed by atoms with E-state index >= 15 is 0 Å². The fourth-order valence-corrected chi connectivity index (χ4v) is 3.94. The second-order valence-electron chi connectivity index (χ2n) is 6.57. The highest BCUT2D eigenvalue weighted by Gasteiger charge is 2.17. The number of benzene rings is 2. The van der Waals surface area contributed by atoms with Crippen LogP contribution in [-0.4, -0.2) is 9.78 Å². The van der Waals surface area contributed by atoms with Crippen LogP contribution in [0.5, 0.6) is 0 Å². The number of hydrogen-bond acceptors (Lipinski definition) is 1. The van der Waals surface area contributed by atoms with Gasteiger partial charge in [0.1, 0.15) is 5.52 Å². The Labute approximate surface area is 165 Å². The maximum Gasteiger partial charge on any atom is 0.101 e. The fourth-order valence-electron chi connectivity index (χ4n) is 3.43. The predicted octanol–water partition coefficient (Wildman–Crippen LogP) is 7.53. The number of fused-ring (bicyclic) bond motifs is 1. The average Bonchev–Trinajstić information content (AvgIpc) is 2.95. The standard InChI is InChI=1S/C22H24Cl2N2/c1-4-6-9-15(8-5-2)22-19-11-7-10-18(21(19)25-26(22)3)17-13-12-16(23)14-20(17)24/h7,9-14H,4-6,8H2,1-3H3/b15-9-. The summed E-state index contributed by atoms with van der Waals surface area (Å²) in [6, 6.07) is 11.9. The van der Waals surface area contributed by atoms with E-state index in [2.05, 4.69) is 38.1 Å². The summed E-state index contributed by atoms with van der Waals surface area (Å²) in [5.41, 5.74) is 5.56. The quantitative estimate of drug-likeness (QED) is 0.427. The van der Waals surface area contributed by atoms with Gasteiger partial charge < -0.3 is 0 Å². The topological polar surface area (TPSA) is 17.8 Å². The Morgan fingerprint density at radius 3 is 2.58 bits per heavy atom. The van der Waals surface area contributed by atoms with Gasteiger partial charge in [0.2, 0.25) is 0 Å². The molecule has 0 saturated carbocycles. The average molecular weight is 387 g/mol. The molecule has 0 amide bonds. The fraction of sp³-hybridized carbons (Fsp3) is 0.318. The number of nitrogens with zero attached hydrogens (tertiary/aromatic N) is 2. The van der Waals surface area contributed by atoms with Gasteiger partial charge in [-0.1, -0.05) is 80.2 Å². The molecule has 0 saturated heterocycles. The lowest BCUT2D eigenvalue weighted by atomic mass is 9.98. The van der Waals surface area contributed by atoms with E-state index in [0.717, 1.165) is 42.3 Å². The predicted molar refractivity (Wildman–Crippen MR) is 114 cm³/mol. The third-order valence-corrected chi connectivity index (χ3v) is 5.14. The Balaban J connectivity index is 2.22. The zero-order chi connectivity index (χ0) is 18.7. The summed E-state index contributed by atoms with van der Waals surface area (Å²) in [4.78, 5) is 0.